The molecule has 9 heteroatoms. The fourth-order valence-corrected chi connectivity index (χ4v) is 3.70. The van der Waals surface area contributed by atoms with Crippen molar-refractivity contribution in [3.63, 3.8) is 0 Å². The first-order valence-electron chi connectivity index (χ1n) is 11.8. The van der Waals surface area contributed by atoms with Crippen molar-refractivity contribution >= 4 is 29.5 Å². The van der Waals surface area contributed by atoms with E-state index in [0.29, 0.717) is 19.3 Å². The highest BCUT2D eigenvalue weighted by molar-refractivity contribution is 6.12. The smallest absolute Gasteiger partial charge is 0.329 e. The summed E-state index contributed by atoms with van der Waals surface area (Å²) in [6.45, 7) is 5.26. The van der Waals surface area contributed by atoms with Crippen molar-refractivity contribution in [2.75, 3.05) is 13.1 Å². The van der Waals surface area contributed by atoms with Crippen molar-refractivity contribution in [1.29, 1.82) is 0 Å². The van der Waals surface area contributed by atoms with Gasteiger partial charge >= 0.3 is 5.97 Å². The van der Waals surface area contributed by atoms with Crippen molar-refractivity contribution in [2.24, 2.45) is 11.7 Å². The summed E-state index contributed by atoms with van der Waals surface area (Å²) in [5.74, 6) is -2.67. The molecule has 0 bridgehead atoms. The number of carbonyl (C=O) groups is 5. The number of nitrogens with two attached hydrogens (primary N) is 1. The molecule has 0 spiro atoms. The average molecular weight is 486 g/mol. The zero-order valence-corrected chi connectivity index (χ0v) is 20.6. The number of nitrogens with one attached hydrogen (secondary N) is 1. The molecule has 0 aromatic heterocycles. The van der Waals surface area contributed by atoms with Gasteiger partial charge < -0.3 is 15.8 Å². The van der Waals surface area contributed by atoms with Crippen LogP contribution < -0.4 is 11.1 Å². The number of amides is 3. The molecule has 0 unspecified atom stereocenters. The molecule has 1 aliphatic rings. The maximum absolute atomic E-state index is 13.2. The Kier molecular flexibility index (Phi) is 10.3. The second kappa shape index (κ2) is 12.9. The average Bonchev–Trinajstić information content (AvgIpc) is 3.11. The van der Waals surface area contributed by atoms with E-state index in [1.165, 1.54) is 12.2 Å². The highest BCUT2D eigenvalue weighted by Gasteiger charge is 2.30. The maximum atomic E-state index is 13.2. The Labute approximate surface area is 206 Å². The van der Waals surface area contributed by atoms with Crippen molar-refractivity contribution in [2.45, 2.75) is 64.5 Å². The number of esters is 1. The minimum absolute atomic E-state index is 0.0373. The Morgan fingerprint density at radius 3 is 2.23 bits per heavy atom. The van der Waals surface area contributed by atoms with Gasteiger partial charge in [0, 0.05) is 31.0 Å². The molecule has 3 N–H and O–H groups in total. The van der Waals surface area contributed by atoms with Crippen LogP contribution in [0.4, 0.5) is 0 Å². The lowest BCUT2D eigenvalue weighted by Gasteiger charge is -2.26. The minimum Gasteiger partial charge on any atom is -0.458 e. The lowest BCUT2D eigenvalue weighted by Crippen LogP contribution is -2.47. The third kappa shape index (κ3) is 9.44. The molecular formula is C26H35N3O6. The first-order chi connectivity index (χ1) is 16.5. The van der Waals surface area contributed by atoms with Gasteiger partial charge in [-0.15, -0.1) is 0 Å². The molecule has 1 heterocycles. The SMILES string of the molecule is CC(C)(C)OC(=O)[C@H](CCCCN1C(=O)C=CC1=O)NC(=O)[C@@H](CC(=O)CN)Cc1ccccc1. The van der Waals surface area contributed by atoms with Crippen molar-refractivity contribution < 1.29 is 28.7 Å². The summed E-state index contributed by atoms with van der Waals surface area (Å²) in [6, 6.07) is 8.37. The van der Waals surface area contributed by atoms with Crippen LogP contribution >= 0.6 is 0 Å². The zero-order chi connectivity index (χ0) is 26.0. The Balaban J connectivity index is 2.06. The predicted molar refractivity (Wildman–Crippen MR) is 130 cm³/mol. The Morgan fingerprint density at radius 2 is 1.66 bits per heavy atom. The second-order valence-electron chi connectivity index (χ2n) is 9.59. The standard InChI is InChI=1S/C26H35N3O6/c1-26(2,3)35-25(34)21(11-7-8-14-29-22(31)12-13-23(29)32)28-24(33)19(16-20(30)17-27)15-18-9-5-4-6-10-18/h4-6,9-10,12-13,19,21H,7-8,11,14-17,27H2,1-3H3,(H,28,33)/t19-,21+/m1/s1. The van der Waals surface area contributed by atoms with Crippen LogP contribution in [0, 0.1) is 5.92 Å². The lowest BCUT2D eigenvalue weighted by atomic mass is 9.92. The van der Waals surface area contributed by atoms with Gasteiger partial charge in [-0.1, -0.05) is 30.3 Å². The number of nitrogens with zero attached hydrogens (tertiary/aromatic N) is 1. The first-order valence-corrected chi connectivity index (χ1v) is 11.8. The van der Waals surface area contributed by atoms with E-state index >= 15 is 0 Å². The third-order valence-corrected chi connectivity index (χ3v) is 5.43. The molecule has 2 rings (SSSR count). The number of carbonyl (C=O) groups excluding carboxylic acids is 5. The zero-order valence-electron chi connectivity index (χ0n) is 20.6. The second-order valence-corrected chi connectivity index (χ2v) is 9.59. The van der Waals surface area contributed by atoms with E-state index in [1.54, 1.807) is 20.8 Å². The quantitative estimate of drug-likeness (QED) is 0.246. The fraction of sp³-hybridized carbons (Fsp3) is 0.500. The molecule has 0 aliphatic carbocycles. The van der Waals surface area contributed by atoms with Crippen molar-refractivity contribution in [3.8, 4) is 0 Å². The van der Waals surface area contributed by atoms with E-state index in [2.05, 4.69) is 5.32 Å². The largest absolute Gasteiger partial charge is 0.458 e. The van der Waals surface area contributed by atoms with Gasteiger partial charge in [-0.05, 0) is 52.0 Å². The summed E-state index contributed by atoms with van der Waals surface area (Å²) in [4.78, 5) is 62.7. The number of ether oxygens (including phenoxy) is 1. The molecular weight excluding hydrogens is 450 g/mol. The van der Waals surface area contributed by atoms with Gasteiger partial charge in [0.15, 0.2) is 0 Å². The lowest BCUT2D eigenvalue weighted by molar-refractivity contribution is -0.159. The van der Waals surface area contributed by atoms with E-state index in [4.69, 9.17) is 10.5 Å². The van der Waals surface area contributed by atoms with E-state index in [9.17, 15) is 24.0 Å². The molecule has 0 saturated carbocycles. The number of unbranched alkanes of at least 4 members (excludes halogenated alkanes) is 1. The van der Waals surface area contributed by atoms with Gasteiger partial charge in [0.25, 0.3) is 11.8 Å². The highest BCUT2D eigenvalue weighted by Crippen LogP contribution is 2.17. The molecule has 1 aliphatic heterocycles. The van der Waals surface area contributed by atoms with Crippen molar-refractivity contribution in [3.05, 3.63) is 48.0 Å². The van der Waals surface area contributed by atoms with Crippen LogP contribution in [-0.2, 0) is 35.1 Å². The van der Waals surface area contributed by atoms with E-state index in [1.807, 2.05) is 30.3 Å². The molecule has 3 amide bonds. The Hall–Kier alpha value is -3.33. The first kappa shape index (κ1) is 27.9. The van der Waals surface area contributed by atoms with Gasteiger partial charge in [-0.3, -0.25) is 24.1 Å². The van der Waals surface area contributed by atoms with Gasteiger partial charge in [0.2, 0.25) is 5.91 Å². The molecule has 0 radical (unpaired) electrons. The number of benzene rings is 1. The van der Waals surface area contributed by atoms with Crippen LogP contribution in [0.25, 0.3) is 0 Å². The van der Waals surface area contributed by atoms with Crippen LogP contribution in [0.15, 0.2) is 42.5 Å². The van der Waals surface area contributed by atoms with Crippen LogP contribution in [0.2, 0.25) is 0 Å². The van der Waals surface area contributed by atoms with Crippen molar-refractivity contribution in [1.82, 2.24) is 10.2 Å². The number of rotatable bonds is 13. The van der Waals surface area contributed by atoms with E-state index < -0.39 is 29.4 Å². The van der Waals surface area contributed by atoms with Gasteiger partial charge in [-0.25, -0.2) is 4.79 Å². The predicted octanol–water partition coefficient (Wildman–Crippen LogP) is 1.69. The summed E-state index contributed by atoms with van der Waals surface area (Å²) in [6.07, 6.45) is 3.92. The monoisotopic (exact) mass is 485 g/mol. The topological polar surface area (TPSA) is 136 Å². The summed E-state index contributed by atoms with van der Waals surface area (Å²) in [5, 5.41) is 2.77. The molecule has 0 fully saturated rings. The Morgan fingerprint density at radius 1 is 1.03 bits per heavy atom. The molecule has 1 aromatic rings. The molecule has 2 atom stereocenters. The maximum Gasteiger partial charge on any atom is 0.329 e. The third-order valence-electron chi connectivity index (χ3n) is 5.43. The van der Waals surface area contributed by atoms with Crippen LogP contribution in [0.3, 0.4) is 0 Å². The summed E-state index contributed by atoms with van der Waals surface area (Å²) < 4.78 is 5.50. The number of hydrogen-bond donors (Lipinski definition) is 2. The summed E-state index contributed by atoms with van der Waals surface area (Å²) in [5.41, 5.74) is 5.61. The highest BCUT2D eigenvalue weighted by atomic mass is 16.6. The number of hydrogen-bond acceptors (Lipinski definition) is 7. The summed E-state index contributed by atoms with van der Waals surface area (Å²) in [7, 11) is 0. The summed E-state index contributed by atoms with van der Waals surface area (Å²) >= 11 is 0. The van der Waals surface area contributed by atoms with E-state index in [0.717, 1.165) is 10.5 Å². The van der Waals surface area contributed by atoms with E-state index in [-0.39, 0.29) is 43.5 Å². The van der Waals surface area contributed by atoms with Gasteiger partial charge in [0.05, 0.1) is 6.54 Å². The molecule has 35 heavy (non-hydrogen) atoms. The van der Waals surface area contributed by atoms with Crippen LogP contribution in [0.5, 0.6) is 0 Å². The number of imide groups is 1. The molecule has 0 saturated heterocycles. The van der Waals surface area contributed by atoms with Gasteiger partial charge in [0.1, 0.15) is 17.4 Å². The number of Topliss-reactive ketones (excluding diaryl/α,β-unsaturated/α-hetero) is 1. The molecule has 1 aromatic carbocycles. The molecule has 9 nitrogen and oxygen atoms in total. The van der Waals surface area contributed by atoms with Crippen LogP contribution in [0.1, 0.15) is 52.0 Å². The van der Waals surface area contributed by atoms with Crippen LogP contribution in [-0.4, -0.2) is 59.1 Å². The normalized spacial score (nSPS) is 15.1. The minimum atomic E-state index is -0.934. The molecule has 190 valence electrons. The van der Waals surface area contributed by atoms with Gasteiger partial charge in [-0.2, -0.15) is 0 Å². The number of ketones is 1. The Bertz CT molecular complexity index is 934. The fourth-order valence-electron chi connectivity index (χ4n) is 3.70.